The van der Waals surface area contributed by atoms with Crippen LogP contribution >= 0.6 is 0 Å². The van der Waals surface area contributed by atoms with Gasteiger partial charge in [-0.1, -0.05) is 6.58 Å². The number of ether oxygens (including phenoxy) is 1. The molecule has 12 heteroatoms. The Balaban J connectivity index is 1.43. The van der Waals surface area contributed by atoms with Crippen LogP contribution < -0.4 is 4.74 Å². The number of amides is 1. The van der Waals surface area contributed by atoms with Crippen molar-refractivity contribution in [1.29, 1.82) is 0 Å². The fourth-order valence-electron chi connectivity index (χ4n) is 4.53. The van der Waals surface area contributed by atoms with E-state index in [1.54, 1.807) is 17.1 Å². The molecule has 0 N–H and O–H groups in total. The average molecular weight is 512 g/mol. The van der Waals surface area contributed by atoms with E-state index in [-0.39, 0.29) is 24.9 Å². The van der Waals surface area contributed by atoms with Crippen LogP contribution in [0.4, 0.5) is 17.6 Å². The van der Waals surface area contributed by atoms with Crippen molar-refractivity contribution in [3.05, 3.63) is 61.3 Å². The first kappa shape index (κ1) is 23.2. The normalized spacial score (nSPS) is 16.2. The molecule has 1 aliphatic heterocycles. The van der Waals surface area contributed by atoms with E-state index in [0.717, 1.165) is 24.0 Å². The van der Waals surface area contributed by atoms with Crippen molar-refractivity contribution in [2.45, 2.75) is 31.3 Å². The van der Waals surface area contributed by atoms with E-state index in [1.807, 2.05) is 16.9 Å². The number of halogens is 4. The molecule has 8 nitrogen and oxygen atoms in total. The highest BCUT2D eigenvalue weighted by molar-refractivity contribution is 5.99. The molecule has 4 heterocycles. The van der Waals surface area contributed by atoms with Gasteiger partial charge in [0.15, 0.2) is 5.83 Å². The zero-order valence-corrected chi connectivity index (χ0v) is 19.3. The van der Waals surface area contributed by atoms with Crippen molar-refractivity contribution in [2.75, 3.05) is 13.1 Å². The van der Waals surface area contributed by atoms with E-state index < -0.39 is 18.1 Å². The summed E-state index contributed by atoms with van der Waals surface area (Å²) in [5, 5.41) is 9.26. The van der Waals surface area contributed by atoms with E-state index in [1.165, 1.54) is 29.2 Å². The summed E-state index contributed by atoms with van der Waals surface area (Å²) in [6.45, 7) is 3.53. The van der Waals surface area contributed by atoms with Crippen LogP contribution in [0.15, 0.2) is 61.3 Å². The summed E-state index contributed by atoms with van der Waals surface area (Å²) >= 11 is 0. The average Bonchev–Trinajstić information content (AvgIpc) is 3.43. The summed E-state index contributed by atoms with van der Waals surface area (Å²) in [7, 11) is 0. The second-order valence-corrected chi connectivity index (χ2v) is 9.13. The Morgan fingerprint density at radius 3 is 2.43 bits per heavy atom. The molecule has 1 aliphatic carbocycles. The van der Waals surface area contributed by atoms with Crippen molar-refractivity contribution in [1.82, 2.24) is 29.4 Å². The monoisotopic (exact) mass is 512 g/mol. The summed E-state index contributed by atoms with van der Waals surface area (Å²) < 4.78 is 58.8. The molecule has 1 saturated heterocycles. The SMILES string of the molecule is C=C(F)C(=O)N1CC(n2nc(-c3ccc(OC(F)(F)F)cc3)c3nccc(-c4cnn(C5CC5)c4)c32)C1. The molecule has 190 valence electrons. The van der Waals surface area contributed by atoms with E-state index >= 15 is 0 Å². The Morgan fingerprint density at radius 1 is 1.05 bits per heavy atom. The Morgan fingerprint density at radius 2 is 1.78 bits per heavy atom. The van der Waals surface area contributed by atoms with Crippen LogP contribution in [0.5, 0.6) is 5.75 Å². The summed E-state index contributed by atoms with van der Waals surface area (Å²) in [6.07, 6.45) is 2.75. The number of fused-ring (bicyclic) bond motifs is 1. The molecule has 2 fully saturated rings. The van der Waals surface area contributed by atoms with Crippen molar-refractivity contribution >= 4 is 16.9 Å². The van der Waals surface area contributed by atoms with E-state index in [9.17, 15) is 22.4 Å². The van der Waals surface area contributed by atoms with Crippen LogP contribution in [0.2, 0.25) is 0 Å². The second kappa shape index (κ2) is 8.43. The molecule has 1 saturated carbocycles. The molecular formula is C25H20F4N6O2. The number of hydrogen-bond donors (Lipinski definition) is 0. The van der Waals surface area contributed by atoms with Gasteiger partial charge in [0.1, 0.15) is 17.0 Å². The lowest BCUT2D eigenvalue weighted by molar-refractivity contribution is -0.274. The van der Waals surface area contributed by atoms with Crippen molar-refractivity contribution in [3.63, 3.8) is 0 Å². The van der Waals surface area contributed by atoms with Gasteiger partial charge in [-0.2, -0.15) is 10.2 Å². The van der Waals surface area contributed by atoms with Crippen LogP contribution in [0.1, 0.15) is 24.9 Å². The largest absolute Gasteiger partial charge is 0.573 e. The highest BCUT2D eigenvalue weighted by atomic mass is 19.4. The standard InChI is InChI=1S/C25H20F4N6O2/c1-14(26)24(36)33-12-18(13-33)35-23-20(16-10-31-34(11-16)17-4-5-17)8-9-30-22(23)21(32-35)15-2-6-19(7-3-15)37-25(27,28)29/h2-3,6-11,17-18H,1,4-5,12-13H2. The zero-order valence-electron chi connectivity index (χ0n) is 19.3. The number of likely N-dealkylation sites (tertiary alicyclic amines) is 1. The summed E-state index contributed by atoms with van der Waals surface area (Å²) in [6, 6.07) is 7.38. The molecule has 3 aromatic heterocycles. The van der Waals surface area contributed by atoms with Gasteiger partial charge in [0, 0.05) is 42.2 Å². The number of nitrogens with zero attached hydrogens (tertiary/aromatic N) is 6. The van der Waals surface area contributed by atoms with Gasteiger partial charge in [-0.15, -0.1) is 13.2 Å². The number of rotatable bonds is 6. The minimum absolute atomic E-state index is 0.228. The Hall–Kier alpha value is -4.22. The minimum atomic E-state index is -4.80. The molecule has 1 aromatic carbocycles. The number of pyridine rings is 1. The van der Waals surface area contributed by atoms with E-state index in [0.29, 0.717) is 28.3 Å². The Kier molecular flexibility index (Phi) is 5.28. The molecule has 0 radical (unpaired) electrons. The number of benzene rings is 1. The van der Waals surface area contributed by atoms with Gasteiger partial charge in [-0.25, -0.2) is 4.39 Å². The van der Waals surface area contributed by atoms with Gasteiger partial charge in [-0.05, 0) is 43.2 Å². The molecule has 1 amide bonds. The molecule has 37 heavy (non-hydrogen) atoms. The number of alkyl halides is 3. The van der Waals surface area contributed by atoms with Crippen molar-refractivity contribution in [2.24, 2.45) is 0 Å². The van der Waals surface area contributed by atoms with Crippen LogP contribution in [0.25, 0.3) is 33.4 Å². The minimum Gasteiger partial charge on any atom is -0.406 e. The van der Waals surface area contributed by atoms with Crippen LogP contribution in [0, 0.1) is 0 Å². The molecule has 0 bridgehead atoms. The van der Waals surface area contributed by atoms with Crippen LogP contribution in [-0.4, -0.2) is 54.8 Å². The molecule has 0 atom stereocenters. The summed E-state index contributed by atoms with van der Waals surface area (Å²) in [5.41, 5.74) is 3.93. The number of carbonyl (C=O) groups excluding carboxylic acids is 1. The molecule has 2 aliphatic rings. The number of hydrogen-bond acceptors (Lipinski definition) is 5. The first-order valence-corrected chi connectivity index (χ1v) is 11.6. The quantitative estimate of drug-likeness (QED) is 0.267. The lowest BCUT2D eigenvalue weighted by Gasteiger charge is -2.39. The van der Waals surface area contributed by atoms with Gasteiger partial charge in [0.05, 0.1) is 23.8 Å². The Labute approximate surface area is 207 Å². The first-order chi connectivity index (χ1) is 17.7. The lowest BCUT2D eigenvalue weighted by atomic mass is 10.0. The van der Waals surface area contributed by atoms with Gasteiger partial charge >= 0.3 is 6.36 Å². The molecule has 0 unspecified atom stereocenters. The molecular weight excluding hydrogens is 492 g/mol. The number of carbonyl (C=O) groups is 1. The topological polar surface area (TPSA) is 78.1 Å². The van der Waals surface area contributed by atoms with Gasteiger partial charge in [-0.3, -0.25) is 19.1 Å². The van der Waals surface area contributed by atoms with E-state index in [4.69, 9.17) is 5.10 Å². The predicted molar refractivity (Wildman–Crippen MR) is 125 cm³/mol. The lowest BCUT2D eigenvalue weighted by Crippen LogP contribution is -2.51. The highest BCUT2D eigenvalue weighted by Crippen LogP contribution is 2.39. The maximum absolute atomic E-state index is 13.4. The second-order valence-electron chi connectivity index (χ2n) is 9.13. The molecule has 6 rings (SSSR count). The first-order valence-electron chi connectivity index (χ1n) is 11.6. The zero-order chi connectivity index (χ0) is 25.9. The third kappa shape index (κ3) is 4.32. The fraction of sp³-hybridized carbons (Fsp3) is 0.280. The van der Waals surface area contributed by atoms with Crippen LogP contribution in [-0.2, 0) is 4.79 Å². The van der Waals surface area contributed by atoms with Crippen molar-refractivity contribution < 1.29 is 27.1 Å². The maximum Gasteiger partial charge on any atom is 0.573 e. The Bertz CT molecular complexity index is 1510. The predicted octanol–water partition coefficient (Wildman–Crippen LogP) is 5.06. The van der Waals surface area contributed by atoms with Gasteiger partial charge in [0.25, 0.3) is 5.91 Å². The summed E-state index contributed by atoms with van der Waals surface area (Å²) in [5.74, 6) is -2.14. The third-order valence-electron chi connectivity index (χ3n) is 6.51. The number of aromatic nitrogens is 5. The van der Waals surface area contributed by atoms with E-state index in [2.05, 4.69) is 21.4 Å². The highest BCUT2D eigenvalue weighted by Gasteiger charge is 2.36. The van der Waals surface area contributed by atoms with Crippen LogP contribution in [0.3, 0.4) is 0 Å². The third-order valence-corrected chi connectivity index (χ3v) is 6.51. The van der Waals surface area contributed by atoms with Crippen molar-refractivity contribution in [3.8, 4) is 28.1 Å². The molecule has 0 spiro atoms. The van der Waals surface area contributed by atoms with Gasteiger partial charge < -0.3 is 9.64 Å². The maximum atomic E-state index is 13.4. The van der Waals surface area contributed by atoms with Gasteiger partial charge in [0.2, 0.25) is 0 Å². The molecule has 4 aromatic rings. The summed E-state index contributed by atoms with van der Waals surface area (Å²) in [4.78, 5) is 17.9. The smallest absolute Gasteiger partial charge is 0.406 e. The fourth-order valence-corrected chi connectivity index (χ4v) is 4.53.